The van der Waals surface area contributed by atoms with Crippen LogP contribution in [0.15, 0.2) is 66.7 Å². The Morgan fingerprint density at radius 2 is 1.45 bits per heavy atom. The van der Waals surface area contributed by atoms with Gasteiger partial charge in [0.05, 0.1) is 25.3 Å². The van der Waals surface area contributed by atoms with E-state index < -0.39 is 0 Å². The van der Waals surface area contributed by atoms with E-state index in [2.05, 4.69) is 11.1 Å². The van der Waals surface area contributed by atoms with Crippen LogP contribution in [0.25, 0.3) is 43.7 Å². The summed E-state index contributed by atoms with van der Waals surface area (Å²) in [4.78, 5) is 3.55. The lowest BCUT2D eigenvalue weighted by Gasteiger charge is -2.16. The summed E-state index contributed by atoms with van der Waals surface area (Å²) in [5, 5.41) is 13.8. The van der Waals surface area contributed by atoms with Gasteiger partial charge in [0, 0.05) is 32.8 Å². The van der Waals surface area contributed by atoms with E-state index in [4.69, 9.17) is 9.47 Å². The van der Waals surface area contributed by atoms with Crippen molar-refractivity contribution in [1.29, 1.82) is 5.26 Å². The zero-order chi connectivity index (χ0) is 20.0. The third-order valence-electron chi connectivity index (χ3n) is 5.46. The summed E-state index contributed by atoms with van der Waals surface area (Å²) in [7, 11) is 3.31. The monoisotopic (exact) mass is 378 g/mol. The molecule has 4 aromatic carbocycles. The number of ether oxygens (including phenoxy) is 2. The number of fused-ring (bicyclic) bond motifs is 4. The minimum Gasteiger partial charge on any atom is -0.496 e. The van der Waals surface area contributed by atoms with Crippen molar-refractivity contribution in [3.8, 4) is 28.7 Å². The van der Waals surface area contributed by atoms with E-state index in [1.807, 2.05) is 66.7 Å². The van der Waals surface area contributed by atoms with Gasteiger partial charge in [-0.1, -0.05) is 48.5 Å². The molecule has 5 aromatic rings. The average molecular weight is 378 g/mol. The minimum absolute atomic E-state index is 0.614. The number of para-hydroxylation sites is 2. The average Bonchev–Trinajstić information content (AvgIpc) is 3.16. The van der Waals surface area contributed by atoms with E-state index in [-0.39, 0.29) is 0 Å². The van der Waals surface area contributed by atoms with Crippen LogP contribution in [0.5, 0.6) is 11.5 Å². The molecule has 140 valence electrons. The number of rotatable bonds is 3. The number of aromatic amines is 1. The normalized spacial score (nSPS) is 11.1. The third-order valence-corrected chi connectivity index (χ3v) is 5.46. The fourth-order valence-corrected chi connectivity index (χ4v) is 4.26. The first-order valence-corrected chi connectivity index (χ1v) is 9.35. The van der Waals surface area contributed by atoms with Gasteiger partial charge in [0.2, 0.25) is 0 Å². The molecule has 0 radical (unpaired) electrons. The van der Waals surface area contributed by atoms with Gasteiger partial charge in [-0.15, -0.1) is 0 Å². The van der Waals surface area contributed by atoms with Gasteiger partial charge in [-0.3, -0.25) is 0 Å². The molecule has 4 nitrogen and oxygen atoms in total. The standard InChI is InChI=1S/C25H18N2O2/c1-28-20-12-6-4-9-16(20)24-17-10-7-13-21(29-2)22(17)18(14-26)23-15-8-3-5-11-19(15)27-25(23)24/h3-13,27H,1-2H3. The minimum atomic E-state index is 0.614. The second-order valence-electron chi connectivity index (χ2n) is 6.87. The van der Waals surface area contributed by atoms with Crippen LogP contribution in [-0.2, 0) is 0 Å². The lowest BCUT2D eigenvalue weighted by molar-refractivity contribution is 0.416. The topological polar surface area (TPSA) is 58.0 Å². The molecular weight excluding hydrogens is 360 g/mol. The van der Waals surface area contributed by atoms with Gasteiger partial charge in [0.25, 0.3) is 0 Å². The van der Waals surface area contributed by atoms with Crippen LogP contribution in [0.3, 0.4) is 0 Å². The number of benzene rings is 4. The molecule has 0 saturated carbocycles. The molecule has 1 aromatic heterocycles. The summed E-state index contributed by atoms with van der Waals surface area (Å²) in [5.74, 6) is 1.46. The Balaban J connectivity index is 2.13. The molecule has 4 heteroatoms. The molecular formula is C25H18N2O2. The molecule has 0 atom stereocenters. The Kier molecular flexibility index (Phi) is 3.89. The molecule has 0 aliphatic carbocycles. The second-order valence-corrected chi connectivity index (χ2v) is 6.87. The van der Waals surface area contributed by atoms with E-state index >= 15 is 0 Å². The first-order chi connectivity index (χ1) is 14.3. The predicted octanol–water partition coefficient (Wildman–Crippen LogP) is 6.03. The van der Waals surface area contributed by atoms with Crippen molar-refractivity contribution in [2.45, 2.75) is 0 Å². The fraction of sp³-hybridized carbons (Fsp3) is 0.0800. The summed E-state index contributed by atoms with van der Waals surface area (Å²) in [6.45, 7) is 0. The van der Waals surface area contributed by atoms with Crippen LogP contribution in [0.4, 0.5) is 0 Å². The van der Waals surface area contributed by atoms with E-state index in [1.165, 1.54) is 0 Å². The highest BCUT2D eigenvalue weighted by atomic mass is 16.5. The molecule has 1 heterocycles. The van der Waals surface area contributed by atoms with Gasteiger partial charge in [-0.05, 0) is 23.6 Å². The molecule has 0 unspecified atom stereocenters. The number of H-pyrrole nitrogens is 1. The highest BCUT2D eigenvalue weighted by Crippen LogP contribution is 2.46. The molecule has 5 rings (SSSR count). The van der Waals surface area contributed by atoms with Crippen molar-refractivity contribution in [3.05, 3.63) is 72.3 Å². The van der Waals surface area contributed by atoms with Crippen molar-refractivity contribution in [1.82, 2.24) is 4.98 Å². The van der Waals surface area contributed by atoms with Gasteiger partial charge >= 0.3 is 0 Å². The maximum atomic E-state index is 10.1. The van der Waals surface area contributed by atoms with E-state index in [1.54, 1.807) is 14.2 Å². The third kappa shape index (κ3) is 2.38. The Labute approximate surface area is 167 Å². The lowest BCUT2D eigenvalue weighted by Crippen LogP contribution is -1.94. The zero-order valence-electron chi connectivity index (χ0n) is 16.1. The summed E-state index contributed by atoms with van der Waals surface area (Å²) in [6.07, 6.45) is 0. The second kappa shape index (κ2) is 6.57. The van der Waals surface area contributed by atoms with Crippen molar-refractivity contribution in [2.75, 3.05) is 14.2 Å². The predicted molar refractivity (Wildman–Crippen MR) is 117 cm³/mol. The van der Waals surface area contributed by atoms with Gasteiger partial charge < -0.3 is 14.5 Å². The SMILES string of the molecule is COc1ccccc1-c1c2cccc(OC)c2c(C#N)c2c1[nH]c1ccccc12. The molecule has 0 spiro atoms. The Hall–Kier alpha value is -3.97. The fourth-order valence-electron chi connectivity index (χ4n) is 4.26. The quantitative estimate of drug-likeness (QED) is 0.417. The van der Waals surface area contributed by atoms with Crippen LogP contribution in [0.2, 0.25) is 0 Å². The molecule has 1 N–H and O–H groups in total. The van der Waals surface area contributed by atoms with Crippen LogP contribution >= 0.6 is 0 Å². The number of nitriles is 1. The first kappa shape index (κ1) is 17.2. The molecule has 0 bridgehead atoms. The van der Waals surface area contributed by atoms with Gasteiger partial charge in [0.1, 0.15) is 17.6 Å². The van der Waals surface area contributed by atoms with E-state index in [0.717, 1.165) is 49.5 Å². The largest absolute Gasteiger partial charge is 0.496 e. The number of methoxy groups -OCH3 is 2. The van der Waals surface area contributed by atoms with Crippen molar-refractivity contribution in [3.63, 3.8) is 0 Å². The summed E-state index contributed by atoms with van der Waals surface area (Å²) in [5.41, 5.74) is 4.50. The first-order valence-electron chi connectivity index (χ1n) is 9.35. The molecule has 0 aliphatic rings. The van der Waals surface area contributed by atoms with Gasteiger partial charge in [-0.25, -0.2) is 0 Å². The molecule has 0 saturated heterocycles. The number of nitrogens with zero attached hydrogens (tertiary/aromatic N) is 1. The smallest absolute Gasteiger partial charge is 0.128 e. The highest BCUT2D eigenvalue weighted by Gasteiger charge is 2.22. The van der Waals surface area contributed by atoms with Crippen LogP contribution in [0, 0.1) is 11.3 Å². The molecule has 0 amide bonds. The summed E-state index contributed by atoms with van der Waals surface area (Å²) in [6, 6.07) is 24.3. The van der Waals surface area contributed by atoms with Crippen molar-refractivity contribution in [2.24, 2.45) is 0 Å². The number of hydrogen-bond donors (Lipinski definition) is 1. The van der Waals surface area contributed by atoms with Crippen LogP contribution in [0.1, 0.15) is 5.56 Å². The highest BCUT2D eigenvalue weighted by molar-refractivity contribution is 6.24. The lowest BCUT2D eigenvalue weighted by atomic mass is 9.90. The number of aromatic nitrogens is 1. The van der Waals surface area contributed by atoms with Crippen molar-refractivity contribution < 1.29 is 9.47 Å². The maximum Gasteiger partial charge on any atom is 0.128 e. The maximum absolute atomic E-state index is 10.1. The number of nitrogens with one attached hydrogen (secondary N) is 1. The summed E-state index contributed by atoms with van der Waals surface area (Å²) >= 11 is 0. The van der Waals surface area contributed by atoms with Gasteiger partial charge in [0.15, 0.2) is 0 Å². The van der Waals surface area contributed by atoms with E-state index in [9.17, 15) is 5.26 Å². The van der Waals surface area contributed by atoms with E-state index in [0.29, 0.717) is 11.3 Å². The van der Waals surface area contributed by atoms with Crippen molar-refractivity contribution >= 4 is 32.6 Å². The Morgan fingerprint density at radius 3 is 2.24 bits per heavy atom. The number of hydrogen-bond acceptors (Lipinski definition) is 3. The molecule has 0 fully saturated rings. The summed E-state index contributed by atoms with van der Waals surface area (Å²) < 4.78 is 11.3. The zero-order valence-corrected chi connectivity index (χ0v) is 16.1. The van der Waals surface area contributed by atoms with Gasteiger partial charge in [-0.2, -0.15) is 5.26 Å². The molecule has 29 heavy (non-hydrogen) atoms. The molecule has 0 aliphatic heterocycles. The van der Waals surface area contributed by atoms with Crippen LogP contribution < -0.4 is 9.47 Å². The van der Waals surface area contributed by atoms with Crippen LogP contribution in [-0.4, -0.2) is 19.2 Å². The Bertz CT molecular complexity index is 1440. The Morgan fingerprint density at radius 1 is 0.759 bits per heavy atom.